The molecule has 0 fully saturated rings. The molecule has 0 aromatic carbocycles. The summed E-state index contributed by atoms with van der Waals surface area (Å²) >= 11 is 0. The van der Waals surface area contributed by atoms with Gasteiger partial charge in [-0.2, -0.15) is 0 Å². The van der Waals surface area contributed by atoms with Crippen LogP contribution in [-0.4, -0.2) is 36.8 Å². The average Bonchev–Trinajstić information content (AvgIpc) is 2.26. The Kier molecular flexibility index (Phi) is 8.94. The number of hydrogen-bond acceptors (Lipinski definition) is 4. The summed E-state index contributed by atoms with van der Waals surface area (Å²) in [6, 6.07) is 0.249. The van der Waals surface area contributed by atoms with Crippen LogP contribution in [0.15, 0.2) is 5.16 Å². The Morgan fingerprint density at radius 1 is 1.50 bits per heavy atom. The van der Waals surface area contributed by atoms with E-state index in [1.807, 2.05) is 0 Å². The number of amidine groups is 1. The van der Waals surface area contributed by atoms with Crippen LogP contribution in [0.25, 0.3) is 0 Å². The zero-order valence-electron chi connectivity index (χ0n) is 10.6. The molecule has 0 saturated carbocycles. The first-order valence-corrected chi connectivity index (χ1v) is 5.87. The summed E-state index contributed by atoms with van der Waals surface area (Å²) in [5.41, 5.74) is 5.45. The second-order valence-electron chi connectivity index (χ2n) is 4.32. The lowest BCUT2D eigenvalue weighted by atomic mass is 10.1. The predicted molar refractivity (Wildman–Crippen MR) is 65.8 cm³/mol. The van der Waals surface area contributed by atoms with Crippen LogP contribution in [0.4, 0.5) is 0 Å². The van der Waals surface area contributed by atoms with E-state index in [0.717, 1.165) is 19.6 Å². The van der Waals surface area contributed by atoms with Gasteiger partial charge in [-0.05, 0) is 12.3 Å². The minimum atomic E-state index is 0.249. The molecule has 1 unspecified atom stereocenters. The van der Waals surface area contributed by atoms with Gasteiger partial charge in [0.2, 0.25) is 0 Å². The average molecular weight is 231 g/mol. The van der Waals surface area contributed by atoms with Crippen LogP contribution in [0.2, 0.25) is 0 Å². The Hall–Kier alpha value is -0.810. The number of hydrogen-bond donors (Lipinski definition) is 3. The first-order chi connectivity index (χ1) is 7.60. The number of oxime groups is 1. The predicted octanol–water partition coefficient (Wildman–Crippen LogP) is 1.16. The third-order valence-corrected chi connectivity index (χ3v) is 2.21. The van der Waals surface area contributed by atoms with Gasteiger partial charge in [0, 0.05) is 25.6 Å². The monoisotopic (exact) mass is 231 g/mol. The SMILES string of the molecule is CCC(CC(N)=NO)NCCOCC(C)C. The summed E-state index contributed by atoms with van der Waals surface area (Å²) in [5, 5.41) is 14.7. The molecule has 1 atom stereocenters. The van der Waals surface area contributed by atoms with Gasteiger partial charge in [-0.1, -0.05) is 25.9 Å². The third-order valence-electron chi connectivity index (χ3n) is 2.21. The van der Waals surface area contributed by atoms with Gasteiger partial charge in [0.25, 0.3) is 0 Å². The molecule has 0 spiro atoms. The maximum Gasteiger partial charge on any atom is 0.140 e. The zero-order valence-corrected chi connectivity index (χ0v) is 10.6. The van der Waals surface area contributed by atoms with Gasteiger partial charge in [-0.25, -0.2) is 0 Å². The molecule has 4 N–H and O–H groups in total. The second kappa shape index (κ2) is 9.42. The van der Waals surface area contributed by atoms with E-state index >= 15 is 0 Å². The van der Waals surface area contributed by atoms with Crippen molar-refractivity contribution in [1.29, 1.82) is 0 Å². The Morgan fingerprint density at radius 2 is 2.19 bits per heavy atom. The first-order valence-electron chi connectivity index (χ1n) is 5.87. The van der Waals surface area contributed by atoms with Crippen molar-refractivity contribution in [3.8, 4) is 0 Å². The Balaban J connectivity index is 3.55. The molecule has 0 bridgehead atoms. The van der Waals surface area contributed by atoms with Crippen molar-refractivity contribution < 1.29 is 9.94 Å². The maximum absolute atomic E-state index is 8.46. The molecule has 0 aliphatic rings. The van der Waals surface area contributed by atoms with Crippen LogP contribution in [0, 0.1) is 5.92 Å². The molecule has 0 saturated heterocycles. The van der Waals surface area contributed by atoms with Crippen molar-refractivity contribution in [1.82, 2.24) is 5.32 Å². The Bertz CT molecular complexity index is 196. The first kappa shape index (κ1) is 15.2. The number of nitrogens with zero attached hydrogens (tertiary/aromatic N) is 1. The summed E-state index contributed by atoms with van der Waals surface area (Å²) < 4.78 is 5.45. The fourth-order valence-corrected chi connectivity index (χ4v) is 1.31. The normalized spacial score (nSPS) is 14.4. The summed E-state index contributed by atoms with van der Waals surface area (Å²) in [4.78, 5) is 0. The van der Waals surface area contributed by atoms with E-state index in [1.165, 1.54) is 0 Å². The summed E-state index contributed by atoms with van der Waals surface area (Å²) in [6.07, 6.45) is 1.51. The number of nitrogens with two attached hydrogens (primary N) is 1. The zero-order chi connectivity index (χ0) is 12.4. The smallest absolute Gasteiger partial charge is 0.140 e. The molecule has 0 aliphatic carbocycles. The van der Waals surface area contributed by atoms with Crippen molar-refractivity contribution in [3.63, 3.8) is 0 Å². The van der Waals surface area contributed by atoms with Crippen molar-refractivity contribution in [2.45, 2.75) is 39.7 Å². The number of ether oxygens (including phenoxy) is 1. The van der Waals surface area contributed by atoms with E-state index in [1.54, 1.807) is 0 Å². The molecule has 5 nitrogen and oxygen atoms in total. The topological polar surface area (TPSA) is 79.9 Å². The molecular weight excluding hydrogens is 206 g/mol. The van der Waals surface area contributed by atoms with Crippen molar-refractivity contribution in [3.05, 3.63) is 0 Å². The second-order valence-corrected chi connectivity index (χ2v) is 4.32. The lowest BCUT2D eigenvalue weighted by Gasteiger charge is -2.16. The molecular formula is C11H25N3O2. The molecule has 5 heteroatoms. The van der Waals surface area contributed by atoms with Gasteiger partial charge < -0.3 is 21.0 Å². The number of nitrogens with one attached hydrogen (secondary N) is 1. The van der Waals surface area contributed by atoms with Crippen LogP contribution in [0.3, 0.4) is 0 Å². The minimum absolute atomic E-state index is 0.249. The standard InChI is InChI=1S/C11H25N3O2/c1-4-10(7-11(12)14-15)13-5-6-16-8-9(2)3/h9-10,13,15H,4-8H2,1-3H3,(H2,12,14). The molecule has 0 heterocycles. The highest BCUT2D eigenvalue weighted by Crippen LogP contribution is 1.97. The third kappa shape index (κ3) is 8.49. The van der Waals surface area contributed by atoms with Crippen LogP contribution in [0.5, 0.6) is 0 Å². The van der Waals surface area contributed by atoms with E-state index in [9.17, 15) is 0 Å². The largest absolute Gasteiger partial charge is 0.409 e. The summed E-state index contributed by atoms with van der Waals surface area (Å²) in [7, 11) is 0. The highest BCUT2D eigenvalue weighted by Gasteiger charge is 2.07. The van der Waals surface area contributed by atoms with Gasteiger partial charge in [0.15, 0.2) is 0 Å². The van der Waals surface area contributed by atoms with E-state index in [2.05, 4.69) is 31.2 Å². The van der Waals surface area contributed by atoms with Crippen LogP contribution >= 0.6 is 0 Å². The van der Waals surface area contributed by atoms with Gasteiger partial charge in [-0.15, -0.1) is 0 Å². The maximum atomic E-state index is 8.46. The Morgan fingerprint density at radius 3 is 2.69 bits per heavy atom. The van der Waals surface area contributed by atoms with E-state index < -0.39 is 0 Å². The Labute approximate surface area is 98.0 Å². The van der Waals surface area contributed by atoms with Crippen molar-refractivity contribution in [2.24, 2.45) is 16.8 Å². The van der Waals surface area contributed by atoms with Crippen LogP contribution in [0.1, 0.15) is 33.6 Å². The quantitative estimate of drug-likeness (QED) is 0.183. The fraction of sp³-hybridized carbons (Fsp3) is 0.909. The lowest BCUT2D eigenvalue weighted by molar-refractivity contribution is 0.110. The molecule has 0 aliphatic heterocycles. The highest BCUT2D eigenvalue weighted by molar-refractivity contribution is 5.80. The molecule has 0 aromatic heterocycles. The van der Waals surface area contributed by atoms with Crippen molar-refractivity contribution in [2.75, 3.05) is 19.8 Å². The van der Waals surface area contributed by atoms with Gasteiger partial charge >= 0.3 is 0 Å². The highest BCUT2D eigenvalue weighted by atomic mass is 16.5. The van der Waals surface area contributed by atoms with Gasteiger partial charge in [0.1, 0.15) is 5.84 Å². The number of rotatable bonds is 9. The minimum Gasteiger partial charge on any atom is -0.409 e. The van der Waals surface area contributed by atoms with Gasteiger partial charge in [-0.3, -0.25) is 0 Å². The van der Waals surface area contributed by atoms with E-state index in [0.29, 0.717) is 18.9 Å². The van der Waals surface area contributed by atoms with Crippen LogP contribution in [-0.2, 0) is 4.74 Å². The van der Waals surface area contributed by atoms with Gasteiger partial charge in [0.05, 0.1) is 6.61 Å². The fourth-order valence-electron chi connectivity index (χ4n) is 1.31. The molecule has 0 rings (SSSR count). The van der Waals surface area contributed by atoms with E-state index in [4.69, 9.17) is 15.7 Å². The van der Waals surface area contributed by atoms with Crippen LogP contribution < -0.4 is 11.1 Å². The molecule has 96 valence electrons. The molecule has 16 heavy (non-hydrogen) atoms. The molecule has 0 radical (unpaired) electrons. The summed E-state index contributed by atoms with van der Waals surface area (Å²) in [6.45, 7) is 8.60. The summed E-state index contributed by atoms with van der Waals surface area (Å²) in [5.74, 6) is 0.835. The van der Waals surface area contributed by atoms with Crippen molar-refractivity contribution >= 4 is 5.84 Å². The molecule has 0 aromatic rings. The lowest BCUT2D eigenvalue weighted by Crippen LogP contribution is -2.35. The molecule has 0 amide bonds. The van der Waals surface area contributed by atoms with E-state index in [-0.39, 0.29) is 11.9 Å².